The van der Waals surface area contributed by atoms with Gasteiger partial charge in [0.25, 0.3) is 0 Å². The zero-order chi connectivity index (χ0) is 28.0. The first kappa shape index (κ1) is 29.2. The SMILES string of the molecule is CC(C)C[C@H](CO)N1C(=O)[C@@H]2[C@@H]3C(=O)OCCC/C=C\[C@@H]3S[C@@]23C=CCN(C(C)(C)CC(C)(C)C)C(=O)C13. The van der Waals surface area contributed by atoms with Crippen molar-refractivity contribution in [3.63, 3.8) is 0 Å². The second kappa shape index (κ2) is 10.6. The molecule has 0 saturated carbocycles. The van der Waals surface area contributed by atoms with Gasteiger partial charge >= 0.3 is 5.97 Å². The lowest BCUT2D eigenvalue weighted by atomic mass is 9.78. The quantitative estimate of drug-likeness (QED) is 0.397. The highest BCUT2D eigenvalue weighted by Crippen LogP contribution is 2.61. The summed E-state index contributed by atoms with van der Waals surface area (Å²) in [5.74, 6) is -1.83. The number of thioether (sulfide) groups is 1. The molecule has 4 rings (SSSR count). The Labute approximate surface area is 232 Å². The van der Waals surface area contributed by atoms with Crippen LogP contribution in [0, 0.1) is 23.2 Å². The number of amides is 2. The van der Waals surface area contributed by atoms with Gasteiger partial charge in [-0.25, -0.2) is 0 Å². The maximum Gasteiger partial charge on any atom is 0.311 e. The predicted octanol–water partition coefficient (Wildman–Crippen LogP) is 4.20. The number of carbonyl (C=O) groups excluding carboxylic acids is 3. The molecule has 8 heteroatoms. The number of ether oxygens (including phenoxy) is 1. The van der Waals surface area contributed by atoms with Crippen molar-refractivity contribution in [1.82, 2.24) is 9.80 Å². The average molecular weight is 547 g/mol. The Morgan fingerprint density at radius 2 is 1.84 bits per heavy atom. The minimum atomic E-state index is -0.900. The first-order chi connectivity index (χ1) is 17.7. The highest BCUT2D eigenvalue weighted by molar-refractivity contribution is 8.02. The van der Waals surface area contributed by atoms with Gasteiger partial charge in [-0.05, 0) is 50.9 Å². The van der Waals surface area contributed by atoms with Crippen LogP contribution in [0.5, 0.6) is 0 Å². The number of rotatable bonds is 6. The number of hydrogen-bond donors (Lipinski definition) is 1. The van der Waals surface area contributed by atoms with Gasteiger partial charge in [0.2, 0.25) is 11.8 Å². The van der Waals surface area contributed by atoms with Gasteiger partial charge in [0, 0.05) is 17.3 Å². The maximum atomic E-state index is 14.7. The van der Waals surface area contributed by atoms with Crippen LogP contribution >= 0.6 is 11.8 Å². The Hall–Kier alpha value is -1.80. The van der Waals surface area contributed by atoms with Crippen molar-refractivity contribution in [2.45, 2.75) is 102 Å². The Morgan fingerprint density at radius 3 is 2.47 bits per heavy atom. The van der Waals surface area contributed by atoms with Gasteiger partial charge in [-0.2, -0.15) is 0 Å². The standard InChI is InChI=1S/C30H46N2O5S/c1-19(2)16-20(17-33)32-24-26(35)31(29(6,7)18-28(3,4)5)14-11-13-30(24)23(25(32)34)22-21(38-30)12-9-8-10-15-37-27(22)36/h9,11-13,19-24,33H,8,10,14-18H2,1-7H3/b12-9-/t20-,21+,22-,23+,24?,30+/m1/s1. The van der Waals surface area contributed by atoms with E-state index in [-0.39, 0.29) is 41.0 Å². The maximum absolute atomic E-state index is 14.7. The largest absolute Gasteiger partial charge is 0.465 e. The number of hydrogen-bond acceptors (Lipinski definition) is 6. The number of aliphatic hydroxyl groups is 1. The summed E-state index contributed by atoms with van der Waals surface area (Å²) in [7, 11) is 0. The van der Waals surface area contributed by atoms with E-state index in [4.69, 9.17) is 4.74 Å². The lowest BCUT2D eigenvalue weighted by Gasteiger charge is -2.45. The number of carbonyl (C=O) groups is 3. The zero-order valence-corrected chi connectivity index (χ0v) is 24.9. The highest BCUT2D eigenvalue weighted by atomic mass is 32.2. The van der Waals surface area contributed by atoms with E-state index < -0.39 is 34.2 Å². The van der Waals surface area contributed by atoms with Crippen molar-refractivity contribution < 1.29 is 24.2 Å². The summed E-state index contributed by atoms with van der Waals surface area (Å²) in [6.07, 6.45) is 11.1. The minimum absolute atomic E-state index is 0.00288. The van der Waals surface area contributed by atoms with Crippen LogP contribution in [0.1, 0.15) is 74.1 Å². The van der Waals surface area contributed by atoms with Crippen LogP contribution in [0.25, 0.3) is 0 Å². The molecule has 1 unspecified atom stereocenters. The number of esters is 1. The molecule has 0 aromatic carbocycles. The summed E-state index contributed by atoms with van der Waals surface area (Å²) >= 11 is 1.56. The fourth-order valence-corrected chi connectivity index (χ4v) is 9.33. The summed E-state index contributed by atoms with van der Waals surface area (Å²) < 4.78 is 4.75. The first-order valence-corrected chi connectivity index (χ1v) is 15.0. The van der Waals surface area contributed by atoms with Crippen LogP contribution < -0.4 is 0 Å². The van der Waals surface area contributed by atoms with Gasteiger partial charge in [-0.1, -0.05) is 58.9 Å². The second-order valence-electron chi connectivity index (χ2n) is 13.7. The fourth-order valence-electron chi connectivity index (χ4n) is 7.34. The summed E-state index contributed by atoms with van der Waals surface area (Å²) in [6, 6.07) is -1.30. The molecule has 4 aliphatic heterocycles. The minimum Gasteiger partial charge on any atom is -0.465 e. The molecule has 2 saturated heterocycles. The topological polar surface area (TPSA) is 87.2 Å². The molecule has 0 aromatic heterocycles. The molecule has 4 aliphatic rings. The van der Waals surface area contributed by atoms with Crippen molar-refractivity contribution in [2.24, 2.45) is 23.2 Å². The van der Waals surface area contributed by atoms with Gasteiger partial charge in [-0.3, -0.25) is 14.4 Å². The summed E-state index contributed by atoms with van der Waals surface area (Å²) in [6.45, 7) is 15.4. The molecule has 7 nitrogen and oxygen atoms in total. The van der Waals surface area contributed by atoms with Crippen molar-refractivity contribution in [1.29, 1.82) is 0 Å². The molecule has 2 amide bonds. The molecule has 38 heavy (non-hydrogen) atoms. The van der Waals surface area contributed by atoms with Crippen LogP contribution in [-0.2, 0) is 19.1 Å². The van der Waals surface area contributed by atoms with Gasteiger partial charge in [0.05, 0.1) is 35.8 Å². The van der Waals surface area contributed by atoms with Gasteiger partial charge < -0.3 is 19.6 Å². The second-order valence-corrected chi connectivity index (χ2v) is 15.2. The third kappa shape index (κ3) is 5.19. The molecule has 6 atom stereocenters. The molecule has 2 fully saturated rings. The lowest BCUT2D eigenvalue weighted by Crippen LogP contribution is -2.60. The fraction of sp³-hybridized carbons (Fsp3) is 0.767. The van der Waals surface area contributed by atoms with E-state index in [2.05, 4.69) is 54.5 Å². The normalized spacial score (nSPS) is 33.7. The zero-order valence-electron chi connectivity index (χ0n) is 24.1. The number of likely N-dealkylation sites (tertiary alicyclic amines) is 1. The molecular formula is C30H46N2O5S. The monoisotopic (exact) mass is 546 g/mol. The smallest absolute Gasteiger partial charge is 0.311 e. The Balaban J connectivity index is 1.85. The molecule has 4 heterocycles. The van der Waals surface area contributed by atoms with Crippen LogP contribution in [0.15, 0.2) is 24.3 Å². The number of allylic oxidation sites excluding steroid dienone is 1. The summed E-state index contributed by atoms with van der Waals surface area (Å²) in [5.41, 5.74) is -0.455. The van der Waals surface area contributed by atoms with E-state index >= 15 is 0 Å². The molecule has 1 spiro atoms. The van der Waals surface area contributed by atoms with E-state index in [0.717, 1.165) is 19.3 Å². The van der Waals surface area contributed by atoms with E-state index in [1.165, 1.54) is 0 Å². The first-order valence-electron chi connectivity index (χ1n) is 14.2. The third-order valence-electron chi connectivity index (χ3n) is 8.33. The number of cyclic esters (lactones) is 1. The van der Waals surface area contributed by atoms with Crippen LogP contribution in [0.2, 0.25) is 0 Å². The number of nitrogens with zero attached hydrogens (tertiary/aromatic N) is 2. The predicted molar refractivity (Wildman–Crippen MR) is 150 cm³/mol. The average Bonchev–Trinajstić information content (AvgIpc) is 3.20. The Kier molecular flexibility index (Phi) is 8.17. The van der Waals surface area contributed by atoms with E-state index in [1.54, 1.807) is 16.7 Å². The lowest BCUT2D eigenvalue weighted by molar-refractivity contribution is -0.154. The molecule has 0 bridgehead atoms. The molecule has 0 aromatic rings. The van der Waals surface area contributed by atoms with Crippen LogP contribution in [0.4, 0.5) is 0 Å². The van der Waals surface area contributed by atoms with Gasteiger partial charge in [-0.15, -0.1) is 11.8 Å². The summed E-state index contributed by atoms with van der Waals surface area (Å²) in [4.78, 5) is 46.1. The summed E-state index contributed by atoms with van der Waals surface area (Å²) in [5, 5.41) is 10.3. The molecular weight excluding hydrogens is 500 g/mol. The van der Waals surface area contributed by atoms with Crippen molar-refractivity contribution >= 4 is 29.5 Å². The van der Waals surface area contributed by atoms with Crippen LogP contribution in [-0.4, -0.2) is 80.1 Å². The van der Waals surface area contributed by atoms with E-state index in [9.17, 15) is 19.5 Å². The number of aliphatic hydroxyl groups excluding tert-OH is 1. The highest BCUT2D eigenvalue weighted by Gasteiger charge is 2.72. The van der Waals surface area contributed by atoms with Crippen molar-refractivity contribution in [3.8, 4) is 0 Å². The van der Waals surface area contributed by atoms with Gasteiger partial charge in [0.1, 0.15) is 6.04 Å². The van der Waals surface area contributed by atoms with Gasteiger partial charge in [0.15, 0.2) is 0 Å². The van der Waals surface area contributed by atoms with E-state index in [0.29, 0.717) is 19.6 Å². The van der Waals surface area contributed by atoms with Crippen molar-refractivity contribution in [3.05, 3.63) is 24.3 Å². The Morgan fingerprint density at radius 1 is 1.13 bits per heavy atom. The number of fused-ring (bicyclic) bond motifs is 2. The van der Waals surface area contributed by atoms with Crippen LogP contribution in [0.3, 0.4) is 0 Å². The Bertz CT molecular complexity index is 999. The third-order valence-corrected chi connectivity index (χ3v) is 10.1. The molecule has 0 radical (unpaired) electrons. The van der Waals surface area contributed by atoms with Crippen molar-refractivity contribution in [2.75, 3.05) is 19.8 Å². The molecule has 0 aliphatic carbocycles. The van der Waals surface area contributed by atoms with E-state index in [1.807, 2.05) is 23.1 Å². The molecule has 1 N–H and O–H groups in total. The molecule has 212 valence electrons.